The van der Waals surface area contributed by atoms with Crippen molar-refractivity contribution in [2.24, 2.45) is 10.9 Å². The molecule has 8 heteroatoms. The molecule has 0 saturated heterocycles. The van der Waals surface area contributed by atoms with Crippen molar-refractivity contribution in [2.75, 3.05) is 25.6 Å². The van der Waals surface area contributed by atoms with Crippen molar-refractivity contribution in [1.82, 2.24) is 0 Å². The molecule has 6 nitrogen and oxygen atoms in total. The fourth-order valence-corrected chi connectivity index (χ4v) is 2.96. The van der Waals surface area contributed by atoms with E-state index in [0.29, 0.717) is 17.6 Å². The van der Waals surface area contributed by atoms with Gasteiger partial charge in [-0.1, -0.05) is 0 Å². The molecular weight excluding hydrogens is 346 g/mol. The number of rotatable bonds is 8. The van der Waals surface area contributed by atoms with Gasteiger partial charge in [0.05, 0.1) is 11.5 Å². The summed E-state index contributed by atoms with van der Waals surface area (Å²) in [4.78, 5) is 0.0696. The number of hydrogen-bond donors (Lipinski definition) is 3. The highest BCUT2D eigenvalue weighted by atomic mass is 79.9. The van der Waals surface area contributed by atoms with Crippen molar-refractivity contribution in [3.05, 3.63) is 22.7 Å². The lowest BCUT2D eigenvalue weighted by atomic mass is 10.1. The van der Waals surface area contributed by atoms with E-state index in [-0.39, 0.29) is 10.9 Å². The Morgan fingerprint density at radius 1 is 1.45 bits per heavy atom. The van der Waals surface area contributed by atoms with Crippen LogP contribution in [0, 0.1) is 0 Å². The topological polar surface area (TPSA) is 107 Å². The summed E-state index contributed by atoms with van der Waals surface area (Å²) in [5.74, 6) is 0. The number of benzene rings is 1. The lowest BCUT2D eigenvalue weighted by Gasteiger charge is -2.20. The third kappa shape index (κ3) is 5.37. The third-order valence-electron chi connectivity index (χ3n) is 2.75. The number of ether oxygens (including phenoxy) is 1. The Bertz CT molecular complexity index is 537. The second kappa shape index (κ2) is 7.94. The van der Waals surface area contributed by atoms with E-state index >= 15 is 0 Å². The smallest absolute Gasteiger partial charge is 0.238 e. The van der Waals surface area contributed by atoms with Crippen LogP contribution in [0.25, 0.3) is 0 Å². The Kier molecular flexibility index (Phi) is 6.90. The highest BCUT2D eigenvalue weighted by Gasteiger charge is 2.13. The molecule has 0 amide bonds. The van der Waals surface area contributed by atoms with Crippen LogP contribution in [0.4, 0.5) is 5.69 Å². The molecule has 0 radical (unpaired) electrons. The number of primary sulfonamides is 1. The zero-order chi connectivity index (χ0) is 15.2. The molecule has 0 aliphatic rings. The minimum absolute atomic E-state index is 0.0696. The molecule has 0 saturated carbocycles. The fourth-order valence-electron chi connectivity index (χ4n) is 1.77. The van der Waals surface area contributed by atoms with Gasteiger partial charge in [0.15, 0.2) is 0 Å². The summed E-state index contributed by atoms with van der Waals surface area (Å²) >= 11 is 3.34. The number of hydrogen-bond acceptors (Lipinski definition) is 5. The van der Waals surface area contributed by atoms with Gasteiger partial charge in [0.2, 0.25) is 10.0 Å². The van der Waals surface area contributed by atoms with E-state index in [4.69, 9.17) is 15.6 Å². The molecule has 0 aromatic heterocycles. The molecule has 0 spiro atoms. The number of sulfonamides is 1. The average molecular weight is 366 g/mol. The first-order valence-electron chi connectivity index (χ1n) is 6.16. The second-order valence-corrected chi connectivity index (χ2v) is 6.83. The normalized spacial score (nSPS) is 13.2. The van der Waals surface area contributed by atoms with Crippen molar-refractivity contribution in [3.8, 4) is 0 Å². The van der Waals surface area contributed by atoms with Gasteiger partial charge < -0.3 is 15.8 Å². The number of methoxy groups -OCH3 is 1. The summed E-state index contributed by atoms with van der Waals surface area (Å²) < 4.78 is 28.3. The standard InChI is InChI=1S/C12H20BrN3O3S/c1-19-8-9(3-2-6-14)16-12-5-4-10(7-11(12)13)20(15,17)18/h4-5,7,9,16H,2-3,6,8,14H2,1H3,(H2,15,17,18). The number of halogens is 1. The Morgan fingerprint density at radius 3 is 2.65 bits per heavy atom. The van der Waals surface area contributed by atoms with Crippen LogP contribution in [0.2, 0.25) is 0 Å². The van der Waals surface area contributed by atoms with Crippen molar-refractivity contribution in [2.45, 2.75) is 23.8 Å². The molecule has 1 rings (SSSR count). The first kappa shape index (κ1) is 17.4. The molecule has 0 bridgehead atoms. The Hall–Kier alpha value is -0.670. The summed E-state index contributed by atoms with van der Waals surface area (Å²) in [6.45, 7) is 1.16. The van der Waals surface area contributed by atoms with E-state index in [1.807, 2.05) is 0 Å². The van der Waals surface area contributed by atoms with Crippen LogP contribution in [0.5, 0.6) is 0 Å². The third-order valence-corrected chi connectivity index (χ3v) is 4.32. The molecule has 1 atom stereocenters. The van der Waals surface area contributed by atoms with Gasteiger partial charge in [0, 0.05) is 23.3 Å². The van der Waals surface area contributed by atoms with Crippen LogP contribution in [0.3, 0.4) is 0 Å². The molecule has 0 heterocycles. The molecule has 1 aromatic carbocycles. The van der Waals surface area contributed by atoms with E-state index in [1.54, 1.807) is 13.2 Å². The molecule has 0 aliphatic carbocycles. The molecule has 5 N–H and O–H groups in total. The van der Waals surface area contributed by atoms with Gasteiger partial charge >= 0.3 is 0 Å². The lowest BCUT2D eigenvalue weighted by Crippen LogP contribution is -2.26. The first-order valence-corrected chi connectivity index (χ1v) is 8.50. The Morgan fingerprint density at radius 2 is 2.15 bits per heavy atom. The van der Waals surface area contributed by atoms with Gasteiger partial charge in [-0.15, -0.1) is 0 Å². The van der Waals surface area contributed by atoms with Crippen LogP contribution >= 0.6 is 15.9 Å². The lowest BCUT2D eigenvalue weighted by molar-refractivity contribution is 0.182. The maximum Gasteiger partial charge on any atom is 0.238 e. The predicted octanol–water partition coefficient (Wildman–Crippen LogP) is 1.26. The molecule has 1 aromatic rings. The van der Waals surface area contributed by atoms with Crippen LogP contribution in [-0.4, -0.2) is 34.7 Å². The van der Waals surface area contributed by atoms with Crippen LogP contribution < -0.4 is 16.2 Å². The zero-order valence-corrected chi connectivity index (χ0v) is 13.7. The fraction of sp³-hybridized carbons (Fsp3) is 0.500. The largest absolute Gasteiger partial charge is 0.383 e. The van der Waals surface area contributed by atoms with E-state index in [0.717, 1.165) is 18.5 Å². The molecule has 0 aliphatic heterocycles. The average Bonchev–Trinajstić information content (AvgIpc) is 2.37. The quantitative estimate of drug-likeness (QED) is 0.642. The van der Waals surface area contributed by atoms with E-state index < -0.39 is 10.0 Å². The Balaban J connectivity index is 2.85. The maximum atomic E-state index is 11.3. The monoisotopic (exact) mass is 365 g/mol. The number of nitrogens with two attached hydrogens (primary N) is 2. The molecule has 114 valence electrons. The van der Waals surface area contributed by atoms with Crippen LogP contribution in [-0.2, 0) is 14.8 Å². The second-order valence-electron chi connectivity index (χ2n) is 4.41. The minimum Gasteiger partial charge on any atom is -0.383 e. The van der Waals surface area contributed by atoms with Gasteiger partial charge in [0.25, 0.3) is 0 Å². The summed E-state index contributed by atoms with van der Waals surface area (Å²) in [5, 5.41) is 8.39. The van der Waals surface area contributed by atoms with Crippen molar-refractivity contribution >= 4 is 31.6 Å². The molecular formula is C12H20BrN3O3S. The summed E-state index contributed by atoms with van der Waals surface area (Å²) in [5.41, 5.74) is 6.29. The molecule has 1 unspecified atom stereocenters. The SMILES string of the molecule is COCC(CCCN)Nc1ccc(S(N)(=O)=O)cc1Br. The van der Waals surface area contributed by atoms with Gasteiger partial charge in [-0.3, -0.25) is 0 Å². The maximum absolute atomic E-state index is 11.3. The summed E-state index contributed by atoms with van der Waals surface area (Å²) in [6, 6.07) is 4.73. The minimum atomic E-state index is -3.69. The zero-order valence-electron chi connectivity index (χ0n) is 11.3. The van der Waals surface area contributed by atoms with E-state index in [2.05, 4.69) is 21.2 Å². The highest BCUT2D eigenvalue weighted by molar-refractivity contribution is 9.10. The number of nitrogens with one attached hydrogen (secondary N) is 1. The van der Waals surface area contributed by atoms with Gasteiger partial charge in [-0.25, -0.2) is 13.6 Å². The molecule has 20 heavy (non-hydrogen) atoms. The number of anilines is 1. The predicted molar refractivity (Wildman–Crippen MR) is 83.1 cm³/mol. The highest BCUT2D eigenvalue weighted by Crippen LogP contribution is 2.26. The summed E-state index contributed by atoms with van der Waals surface area (Å²) in [6.07, 6.45) is 1.75. The Labute approximate surface area is 128 Å². The van der Waals surface area contributed by atoms with E-state index in [9.17, 15) is 8.42 Å². The van der Waals surface area contributed by atoms with Gasteiger partial charge in [0.1, 0.15) is 0 Å². The molecule has 0 fully saturated rings. The van der Waals surface area contributed by atoms with E-state index in [1.165, 1.54) is 12.1 Å². The summed E-state index contributed by atoms with van der Waals surface area (Å²) in [7, 11) is -2.06. The van der Waals surface area contributed by atoms with Gasteiger partial charge in [-0.05, 0) is 53.5 Å². The van der Waals surface area contributed by atoms with Crippen molar-refractivity contribution < 1.29 is 13.2 Å². The van der Waals surface area contributed by atoms with Crippen LogP contribution in [0.1, 0.15) is 12.8 Å². The first-order chi connectivity index (χ1) is 9.38. The van der Waals surface area contributed by atoms with Crippen LogP contribution in [0.15, 0.2) is 27.6 Å². The van der Waals surface area contributed by atoms with Crippen molar-refractivity contribution in [3.63, 3.8) is 0 Å². The van der Waals surface area contributed by atoms with Crippen molar-refractivity contribution in [1.29, 1.82) is 0 Å². The van der Waals surface area contributed by atoms with Gasteiger partial charge in [-0.2, -0.15) is 0 Å².